The molecule has 112 valence electrons. The highest BCUT2D eigenvalue weighted by Gasteiger charge is 2.29. The van der Waals surface area contributed by atoms with Gasteiger partial charge in [0.1, 0.15) is 5.65 Å². The van der Waals surface area contributed by atoms with Crippen LogP contribution in [0.5, 0.6) is 0 Å². The molecule has 6 nitrogen and oxygen atoms in total. The number of rotatable bonds is 4. The molecule has 1 aliphatic rings. The summed E-state index contributed by atoms with van der Waals surface area (Å²) in [6.45, 7) is 3.19. The van der Waals surface area contributed by atoms with Gasteiger partial charge in [-0.2, -0.15) is 0 Å². The van der Waals surface area contributed by atoms with E-state index in [-0.39, 0.29) is 18.1 Å². The van der Waals surface area contributed by atoms with Gasteiger partial charge in [0, 0.05) is 26.0 Å². The zero-order valence-corrected chi connectivity index (χ0v) is 12.3. The number of fused-ring (bicyclic) bond motifs is 1. The average molecular weight is 288 g/mol. The van der Waals surface area contributed by atoms with Crippen molar-refractivity contribution in [3.05, 3.63) is 35.8 Å². The van der Waals surface area contributed by atoms with E-state index in [2.05, 4.69) is 15.6 Å². The lowest BCUT2D eigenvalue weighted by molar-refractivity contribution is -0.123. The Hall–Kier alpha value is -1.92. The van der Waals surface area contributed by atoms with Crippen molar-refractivity contribution in [2.24, 2.45) is 0 Å². The highest BCUT2D eigenvalue weighted by molar-refractivity contribution is 5.82. The van der Waals surface area contributed by atoms with Gasteiger partial charge in [0.25, 0.3) is 0 Å². The third-order valence-corrected chi connectivity index (χ3v) is 3.91. The Bertz CT molecular complexity index is 652. The van der Waals surface area contributed by atoms with E-state index in [1.54, 1.807) is 7.11 Å². The maximum absolute atomic E-state index is 12.1. The van der Waals surface area contributed by atoms with Crippen LogP contribution in [0.25, 0.3) is 5.65 Å². The van der Waals surface area contributed by atoms with Gasteiger partial charge in [0.2, 0.25) is 5.91 Å². The molecule has 0 saturated carbocycles. The van der Waals surface area contributed by atoms with Crippen molar-refractivity contribution in [2.75, 3.05) is 13.7 Å². The predicted octanol–water partition coefficient (Wildman–Crippen LogP) is 0.636. The van der Waals surface area contributed by atoms with E-state index >= 15 is 0 Å². The number of nitrogens with zero attached hydrogens (tertiary/aromatic N) is 2. The average Bonchev–Trinajstić information content (AvgIpc) is 3.12. The molecular weight excluding hydrogens is 268 g/mol. The first-order valence-electron chi connectivity index (χ1n) is 7.14. The van der Waals surface area contributed by atoms with E-state index in [1.165, 1.54) is 0 Å². The van der Waals surface area contributed by atoms with Crippen molar-refractivity contribution in [1.82, 2.24) is 20.0 Å². The largest absolute Gasteiger partial charge is 0.380 e. The van der Waals surface area contributed by atoms with Crippen LogP contribution in [0, 0.1) is 6.92 Å². The highest BCUT2D eigenvalue weighted by atomic mass is 16.5. The maximum atomic E-state index is 12.1. The summed E-state index contributed by atoms with van der Waals surface area (Å²) in [6.07, 6.45) is 4.75. The van der Waals surface area contributed by atoms with E-state index in [0.29, 0.717) is 13.0 Å². The zero-order valence-electron chi connectivity index (χ0n) is 12.3. The first-order chi connectivity index (χ1) is 10.2. The van der Waals surface area contributed by atoms with Gasteiger partial charge in [0.15, 0.2) is 0 Å². The van der Waals surface area contributed by atoms with Gasteiger partial charge >= 0.3 is 0 Å². The molecule has 2 N–H and O–H groups in total. The summed E-state index contributed by atoms with van der Waals surface area (Å²) in [4.78, 5) is 16.6. The number of carbonyl (C=O) groups is 1. The molecule has 0 spiro atoms. The molecule has 0 unspecified atom stereocenters. The van der Waals surface area contributed by atoms with Crippen LogP contribution in [0.2, 0.25) is 0 Å². The van der Waals surface area contributed by atoms with Gasteiger partial charge in [-0.05, 0) is 25.0 Å². The van der Waals surface area contributed by atoms with Crippen LogP contribution in [-0.2, 0) is 16.1 Å². The molecule has 1 amide bonds. The second-order valence-electron chi connectivity index (χ2n) is 5.43. The van der Waals surface area contributed by atoms with Crippen LogP contribution in [0.1, 0.15) is 17.7 Å². The Morgan fingerprint density at radius 1 is 1.62 bits per heavy atom. The Balaban J connectivity index is 1.61. The van der Waals surface area contributed by atoms with E-state index in [0.717, 1.165) is 23.4 Å². The molecule has 1 fully saturated rings. The van der Waals surface area contributed by atoms with Crippen molar-refractivity contribution in [3.8, 4) is 0 Å². The molecule has 0 radical (unpaired) electrons. The minimum atomic E-state index is -0.172. The molecule has 2 aromatic heterocycles. The van der Waals surface area contributed by atoms with Gasteiger partial charge in [-0.25, -0.2) is 4.98 Å². The summed E-state index contributed by atoms with van der Waals surface area (Å²) in [5.74, 6) is 0.00308. The molecule has 1 aliphatic heterocycles. The molecule has 2 aromatic rings. The van der Waals surface area contributed by atoms with Crippen molar-refractivity contribution < 1.29 is 9.53 Å². The number of imidazole rings is 1. The maximum Gasteiger partial charge on any atom is 0.237 e. The van der Waals surface area contributed by atoms with Crippen molar-refractivity contribution in [2.45, 2.75) is 32.0 Å². The molecule has 6 heteroatoms. The molecule has 2 atom stereocenters. The summed E-state index contributed by atoms with van der Waals surface area (Å²) in [5.41, 5.74) is 2.91. The molecule has 0 aliphatic carbocycles. The molecular formula is C15H20N4O2. The second-order valence-corrected chi connectivity index (χ2v) is 5.43. The number of hydrogen-bond donors (Lipinski definition) is 2. The van der Waals surface area contributed by atoms with Gasteiger partial charge in [-0.1, -0.05) is 6.07 Å². The fraction of sp³-hybridized carbons (Fsp3) is 0.467. The Morgan fingerprint density at radius 2 is 2.48 bits per heavy atom. The van der Waals surface area contributed by atoms with E-state index in [4.69, 9.17) is 4.74 Å². The number of nitrogens with one attached hydrogen (secondary N) is 2. The zero-order chi connectivity index (χ0) is 14.8. The fourth-order valence-corrected chi connectivity index (χ4v) is 2.67. The monoisotopic (exact) mass is 288 g/mol. The number of hydrogen-bond acceptors (Lipinski definition) is 4. The van der Waals surface area contributed by atoms with E-state index in [1.807, 2.05) is 35.9 Å². The summed E-state index contributed by atoms with van der Waals surface area (Å²) in [7, 11) is 1.67. The SMILES string of the molecule is CO[C@@H]1CN[C@H](C(=O)NCc2cn3cccc(C)c3n2)C1. The van der Waals surface area contributed by atoms with Crippen LogP contribution >= 0.6 is 0 Å². The number of aryl methyl sites for hydroxylation is 1. The smallest absolute Gasteiger partial charge is 0.237 e. The number of pyridine rings is 1. The van der Waals surface area contributed by atoms with Crippen molar-refractivity contribution in [1.29, 1.82) is 0 Å². The van der Waals surface area contributed by atoms with Gasteiger partial charge in [-0.3, -0.25) is 4.79 Å². The van der Waals surface area contributed by atoms with Crippen molar-refractivity contribution in [3.63, 3.8) is 0 Å². The quantitative estimate of drug-likeness (QED) is 0.866. The summed E-state index contributed by atoms with van der Waals surface area (Å²) in [5, 5.41) is 6.10. The number of carbonyl (C=O) groups excluding carboxylic acids is 1. The molecule has 0 aromatic carbocycles. The van der Waals surface area contributed by atoms with Gasteiger partial charge in [-0.15, -0.1) is 0 Å². The lowest BCUT2D eigenvalue weighted by atomic mass is 10.2. The Labute approximate surface area is 123 Å². The molecule has 21 heavy (non-hydrogen) atoms. The fourth-order valence-electron chi connectivity index (χ4n) is 2.67. The lowest BCUT2D eigenvalue weighted by Crippen LogP contribution is -2.40. The summed E-state index contributed by atoms with van der Waals surface area (Å²) in [6, 6.07) is 3.84. The molecule has 0 bridgehead atoms. The third kappa shape index (κ3) is 2.91. The third-order valence-electron chi connectivity index (χ3n) is 3.91. The van der Waals surface area contributed by atoms with Crippen LogP contribution in [0.4, 0.5) is 0 Å². The summed E-state index contributed by atoms with van der Waals surface area (Å²) >= 11 is 0. The number of ether oxygens (including phenoxy) is 1. The lowest BCUT2D eigenvalue weighted by Gasteiger charge is -2.10. The van der Waals surface area contributed by atoms with Gasteiger partial charge in [0.05, 0.1) is 24.4 Å². The topological polar surface area (TPSA) is 67.7 Å². The molecule has 1 saturated heterocycles. The number of methoxy groups -OCH3 is 1. The van der Waals surface area contributed by atoms with Crippen molar-refractivity contribution >= 4 is 11.6 Å². The van der Waals surface area contributed by atoms with E-state index < -0.39 is 0 Å². The summed E-state index contributed by atoms with van der Waals surface area (Å²) < 4.78 is 7.23. The standard InChI is InChI=1S/C15H20N4O2/c1-10-4-3-5-19-9-11(18-14(10)19)7-17-15(20)13-6-12(21-2)8-16-13/h3-5,9,12-13,16H,6-8H2,1-2H3,(H,17,20)/t12-,13-/m0/s1. The highest BCUT2D eigenvalue weighted by Crippen LogP contribution is 2.11. The Morgan fingerprint density at radius 3 is 3.19 bits per heavy atom. The Kier molecular flexibility index (Phi) is 3.90. The molecule has 3 heterocycles. The minimum absolute atomic E-state index is 0.00308. The normalized spacial score (nSPS) is 21.8. The number of aromatic nitrogens is 2. The van der Waals surface area contributed by atoms with Crippen LogP contribution in [0.15, 0.2) is 24.5 Å². The second kappa shape index (κ2) is 5.83. The predicted molar refractivity (Wildman–Crippen MR) is 79.0 cm³/mol. The first-order valence-corrected chi connectivity index (χ1v) is 7.14. The van der Waals surface area contributed by atoms with Gasteiger partial charge < -0.3 is 19.8 Å². The number of amides is 1. The first kappa shape index (κ1) is 14.0. The minimum Gasteiger partial charge on any atom is -0.380 e. The van der Waals surface area contributed by atoms with E-state index in [9.17, 15) is 4.79 Å². The van der Waals surface area contributed by atoms with Crippen LogP contribution in [-0.4, -0.2) is 41.1 Å². The van der Waals surface area contributed by atoms with Crippen LogP contribution in [0.3, 0.4) is 0 Å². The molecule has 3 rings (SSSR count). The van der Waals surface area contributed by atoms with Crippen LogP contribution < -0.4 is 10.6 Å².